The van der Waals surface area contributed by atoms with Crippen molar-refractivity contribution in [2.45, 2.75) is 39.7 Å². The molecule has 1 aromatic rings. The van der Waals surface area contributed by atoms with Crippen molar-refractivity contribution in [2.75, 3.05) is 14.1 Å². The van der Waals surface area contributed by atoms with Gasteiger partial charge in [-0.2, -0.15) is 0 Å². The molecule has 0 bridgehead atoms. The fourth-order valence-electron chi connectivity index (χ4n) is 2.02. The van der Waals surface area contributed by atoms with E-state index in [-0.39, 0.29) is 5.97 Å². The summed E-state index contributed by atoms with van der Waals surface area (Å²) >= 11 is 0. The zero-order valence-corrected chi connectivity index (χ0v) is 12.0. The zero-order chi connectivity index (χ0) is 13.7. The van der Waals surface area contributed by atoms with E-state index < -0.39 is 0 Å². The van der Waals surface area contributed by atoms with Crippen molar-refractivity contribution in [3.63, 3.8) is 0 Å². The Balaban J connectivity index is 3.20. The van der Waals surface area contributed by atoms with Gasteiger partial charge in [-0.1, -0.05) is 25.5 Å². The first kappa shape index (κ1) is 14.7. The van der Waals surface area contributed by atoms with Crippen LogP contribution in [0.4, 0.5) is 0 Å². The monoisotopic (exact) mass is 249 g/mol. The van der Waals surface area contributed by atoms with Crippen molar-refractivity contribution in [1.29, 1.82) is 0 Å². The summed E-state index contributed by atoms with van der Waals surface area (Å²) in [5.41, 5.74) is 2.39. The van der Waals surface area contributed by atoms with Crippen molar-refractivity contribution >= 4 is 5.97 Å². The first-order valence-corrected chi connectivity index (χ1v) is 6.44. The second-order valence-corrected chi connectivity index (χ2v) is 4.81. The SMILES string of the molecule is CCCc1c(OC(C)=O)cccc1C(C)N(C)C. The highest BCUT2D eigenvalue weighted by molar-refractivity contribution is 5.70. The largest absolute Gasteiger partial charge is 0.426 e. The van der Waals surface area contributed by atoms with E-state index in [0.29, 0.717) is 11.8 Å². The molecule has 0 saturated heterocycles. The number of nitrogens with zero attached hydrogens (tertiary/aromatic N) is 1. The van der Waals surface area contributed by atoms with E-state index in [9.17, 15) is 4.79 Å². The second kappa shape index (κ2) is 6.55. The maximum absolute atomic E-state index is 11.2. The van der Waals surface area contributed by atoms with E-state index in [2.05, 4.69) is 38.9 Å². The number of hydrogen-bond acceptors (Lipinski definition) is 3. The Bertz CT molecular complexity index is 413. The van der Waals surface area contributed by atoms with Gasteiger partial charge in [0, 0.05) is 13.0 Å². The van der Waals surface area contributed by atoms with Crippen LogP contribution in [0.1, 0.15) is 44.4 Å². The molecule has 1 unspecified atom stereocenters. The van der Waals surface area contributed by atoms with Crippen LogP contribution >= 0.6 is 0 Å². The van der Waals surface area contributed by atoms with Gasteiger partial charge in [-0.05, 0) is 44.6 Å². The van der Waals surface area contributed by atoms with Crippen LogP contribution in [0.3, 0.4) is 0 Å². The molecule has 1 atom stereocenters. The number of rotatable bonds is 5. The first-order valence-electron chi connectivity index (χ1n) is 6.44. The van der Waals surface area contributed by atoms with Gasteiger partial charge in [0.1, 0.15) is 5.75 Å². The molecule has 3 heteroatoms. The van der Waals surface area contributed by atoms with Gasteiger partial charge in [0.2, 0.25) is 0 Å². The highest BCUT2D eigenvalue weighted by atomic mass is 16.5. The summed E-state index contributed by atoms with van der Waals surface area (Å²) in [5.74, 6) is 0.442. The molecule has 0 spiro atoms. The minimum atomic E-state index is -0.262. The summed E-state index contributed by atoms with van der Waals surface area (Å²) in [6, 6.07) is 6.25. The third-order valence-electron chi connectivity index (χ3n) is 3.15. The Kier molecular flexibility index (Phi) is 5.35. The van der Waals surface area contributed by atoms with Gasteiger partial charge in [0.25, 0.3) is 0 Å². The van der Waals surface area contributed by atoms with E-state index in [4.69, 9.17) is 4.74 Å². The predicted molar refractivity (Wildman–Crippen MR) is 73.8 cm³/mol. The standard InChI is InChI=1S/C15H23NO2/c1-6-8-14-13(11(2)16(4)5)9-7-10-15(14)18-12(3)17/h7,9-11H,6,8H2,1-5H3. The molecule has 0 aliphatic rings. The molecule has 18 heavy (non-hydrogen) atoms. The minimum absolute atomic E-state index is 0.262. The topological polar surface area (TPSA) is 29.5 Å². The third-order valence-corrected chi connectivity index (χ3v) is 3.15. The fraction of sp³-hybridized carbons (Fsp3) is 0.533. The summed E-state index contributed by atoms with van der Waals surface area (Å²) in [5, 5.41) is 0. The molecule has 3 nitrogen and oxygen atoms in total. The number of esters is 1. The lowest BCUT2D eigenvalue weighted by molar-refractivity contribution is -0.131. The maximum atomic E-state index is 11.2. The van der Waals surface area contributed by atoms with E-state index in [0.717, 1.165) is 18.4 Å². The van der Waals surface area contributed by atoms with Crippen molar-refractivity contribution in [3.8, 4) is 5.75 Å². The molecular weight excluding hydrogens is 226 g/mol. The van der Waals surface area contributed by atoms with Crippen LogP contribution in [-0.4, -0.2) is 25.0 Å². The van der Waals surface area contributed by atoms with Crippen LogP contribution in [0.25, 0.3) is 0 Å². The number of hydrogen-bond donors (Lipinski definition) is 0. The maximum Gasteiger partial charge on any atom is 0.308 e. The van der Waals surface area contributed by atoms with Gasteiger partial charge in [0.15, 0.2) is 0 Å². The van der Waals surface area contributed by atoms with E-state index in [1.54, 1.807) is 0 Å². The Morgan fingerprint density at radius 2 is 2.06 bits per heavy atom. The summed E-state index contributed by atoms with van der Waals surface area (Å²) in [6.07, 6.45) is 1.96. The lowest BCUT2D eigenvalue weighted by atomic mass is 9.96. The van der Waals surface area contributed by atoms with Crippen molar-refractivity contribution < 1.29 is 9.53 Å². The van der Waals surface area contributed by atoms with Gasteiger partial charge >= 0.3 is 5.97 Å². The molecule has 0 aromatic heterocycles. The summed E-state index contributed by atoms with van der Waals surface area (Å²) in [4.78, 5) is 13.3. The molecule has 100 valence electrons. The molecule has 0 saturated carbocycles. The zero-order valence-electron chi connectivity index (χ0n) is 12.0. The smallest absolute Gasteiger partial charge is 0.308 e. The van der Waals surface area contributed by atoms with Crippen molar-refractivity contribution in [2.24, 2.45) is 0 Å². The molecule has 0 amide bonds. The van der Waals surface area contributed by atoms with Crippen molar-refractivity contribution in [3.05, 3.63) is 29.3 Å². The molecule has 0 aliphatic heterocycles. The number of benzene rings is 1. The quantitative estimate of drug-likeness (QED) is 0.593. The first-order chi connectivity index (χ1) is 8.47. The average Bonchev–Trinajstić information content (AvgIpc) is 2.30. The van der Waals surface area contributed by atoms with Crippen LogP contribution in [0.2, 0.25) is 0 Å². The Morgan fingerprint density at radius 3 is 2.56 bits per heavy atom. The molecule has 0 heterocycles. The van der Waals surface area contributed by atoms with E-state index in [1.807, 2.05) is 12.1 Å². The van der Waals surface area contributed by atoms with Gasteiger partial charge in [-0.25, -0.2) is 0 Å². The molecule has 0 radical (unpaired) electrons. The predicted octanol–water partition coefficient (Wildman–Crippen LogP) is 3.19. The van der Waals surface area contributed by atoms with Crippen LogP contribution in [-0.2, 0) is 11.2 Å². The molecule has 0 N–H and O–H groups in total. The highest BCUT2D eigenvalue weighted by Crippen LogP contribution is 2.30. The molecular formula is C15H23NO2. The Hall–Kier alpha value is -1.35. The number of carbonyl (C=O) groups is 1. The van der Waals surface area contributed by atoms with Crippen LogP contribution in [0, 0.1) is 0 Å². The van der Waals surface area contributed by atoms with Crippen LogP contribution in [0.5, 0.6) is 5.75 Å². The molecule has 0 aliphatic carbocycles. The lowest BCUT2D eigenvalue weighted by Crippen LogP contribution is -2.19. The number of ether oxygens (including phenoxy) is 1. The molecule has 1 rings (SSSR count). The van der Waals surface area contributed by atoms with Crippen LogP contribution in [0.15, 0.2) is 18.2 Å². The Morgan fingerprint density at radius 1 is 1.39 bits per heavy atom. The lowest BCUT2D eigenvalue weighted by Gasteiger charge is -2.24. The number of carbonyl (C=O) groups excluding carboxylic acids is 1. The second-order valence-electron chi connectivity index (χ2n) is 4.81. The summed E-state index contributed by atoms with van der Waals surface area (Å²) < 4.78 is 5.31. The van der Waals surface area contributed by atoms with Crippen molar-refractivity contribution in [1.82, 2.24) is 4.90 Å². The van der Waals surface area contributed by atoms with Gasteiger partial charge < -0.3 is 9.64 Å². The van der Waals surface area contributed by atoms with E-state index >= 15 is 0 Å². The highest BCUT2D eigenvalue weighted by Gasteiger charge is 2.16. The molecule has 1 aromatic carbocycles. The summed E-state index contributed by atoms with van der Waals surface area (Å²) in [7, 11) is 4.11. The van der Waals surface area contributed by atoms with Gasteiger partial charge in [0.05, 0.1) is 0 Å². The third kappa shape index (κ3) is 3.57. The van der Waals surface area contributed by atoms with Crippen LogP contribution < -0.4 is 4.74 Å². The normalized spacial score (nSPS) is 12.6. The average molecular weight is 249 g/mol. The minimum Gasteiger partial charge on any atom is -0.426 e. The van der Waals surface area contributed by atoms with Gasteiger partial charge in [-0.3, -0.25) is 4.79 Å². The summed E-state index contributed by atoms with van der Waals surface area (Å²) in [6.45, 7) is 5.73. The van der Waals surface area contributed by atoms with E-state index in [1.165, 1.54) is 12.5 Å². The Labute approximate surface area is 110 Å². The van der Waals surface area contributed by atoms with Gasteiger partial charge in [-0.15, -0.1) is 0 Å². The fourth-order valence-corrected chi connectivity index (χ4v) is 2.02. The molecule has 0 fully saturated rings.